The lowest BCUT2D eigenvalue weighted by atomic mass is 9.89. The number of rotatable bonds is 6. The van der Waals surface area contributed by atoms with Crippen molar-refractivity contribution >= 4 is 16.9 Å². The predicted octanol–water partition coefficient (Wildman–Crippen LogP) is 4.30. The molecule has 0 bridgehead atoms. The lowest BCUT2D eigenvalue weighted by molar-refractivity contribution is 0.0925. The summed E-state index contributed by atoms with van der Waals surface area (Å²) in [6.07, 6.45) is 4.45. The Morgan fingerprint density at radius 2 is 1.81 bits per heavy atom. The summed E-state index contributed by atoms with van der Waals surface area (Å²) in [4.78, 5) is 19.9. The molecule has 3 heterocycles. The van der Waals surface area contributed by atoms with Gasteiger partial charge in [-0.1, -0.05) is 47.7 Å². The molecule has 1 fully saturated rings. The Morgan fingerprint density at radius 3 is 2.65 bits per heavy atom. The molecule has 0 spiro atoms. The van der Waals surface area contributed by atoms with E-state index in [2.05, 4.69) is 50.5 Å². The van der Waals surface area contributed by atoms with Gasteiger partial charge in [-0.25, -0.2) is 4.98 Å². The molecule has 2 aromatic carbocycles. The molecule has 156 valence electrons. The molecular formula is C25H25N5O. The number of fused-ring (bicyclic) bond motifs is 1. The van der Waals surface area contributed by atoms with Gasteiger partial charge in [-0.2, -0.15) is 4.68 Å². The summed E-state index contributed by atoms with van der Waals surface area (Å²) < 4.78 is 1.69. The van der Waals surface area contributed by atoms with Gasteiger partial charge >= 0.3 is 0 Å². The van der Waals surface area contributed by atoms with Crippen LogP contribution in [0.1, 0.15) is 35.2 Å². The molecule has 6 heteroatoms. The van der Waals surface area contributed by atoms with Gasteiger partial charge in [0.2, 0.25) is 0 Å². The van der Waals surface area contributed by atoms with Crippen LogP contribution in [0.5, 0.6) is 0 Å². The van der Waals surface area contributed by atoms with Crippen molar-refractivity contribution < 1.29 is 4.79 Å². The molecule has 0 aliphatic carbocycles. The molecule has 4 aromatic rings. The van der Waals surface area contributed by atoms with E-state index in [1.54, 1.807) is 10.9 Å². The Bertz CT molecular complexity index is 1180. The summed E-state index contributed by atoms with van der Waals surface area (Å²) in [6.45, 7) is 3.08. The second kappa shape index (κ2) is 8.78. The van der Waals surface area contributed by atoms with Crippen LogP contribution in [0.3, 0.4) is 0 Å². The third-order valence-electron chi connectivity index (χ3n) is 6.05. The van der Waals surface area contributed by atoms with Gasteiger partial charge in [0, 0.05) is 24.7 Å². The molecule has 31 heavy (non-hydrogen) atoms. The molecule has 0 amide bonds. The first kappa shape index (κ1) is 19.6. The molecule has 5 rings (SSSR count). The second-order valence-corrected chi connectivity index (χ2v) is 8.23. The van der Waals surface area contributed by atoms with Gasteiger partial charge in [-0.05, 0) is 61.7 Å². The number of likely N-dealkylation sites (tertiary alicyclic amines) is 1. The van der Waals surface area contributed by atoms with Crippen molar-refractivity contribution in [3.8, 4) is 5.69 Å². The van der Waals surface area contributed by atoms with Crippen LogP contribution in [0.2, 0.25) is 0 Å². The highest BCUT2D eigenvalue weighted by Crippen LogP contribution is 2.24. The maximum atomic E-state index is 13.0. The maximum Gasteiger partial charge on any atom is 0.183 e. The number of pyridine rings is 1. The number of carbonyl (C=O) groups is 1. The third kappa shape index (κ3) is 4.39. The highest BCUT2D eigenvalue weighted by atomic mass is 16.1. The Hall–Kier alpha value is -3.38. The SMILES string of the molecule is O=C(CC1CCN(Cc2ccccc2)CC1)c1cccc(-n2nnc3cccnc32)c1. The molecule has 0 unspecified atom stereocenters. The topological polar surface area (TPSA) is 63.9 Å². The number of aromatic nitrogens is 4. The van der Waals surface area contributed by atoms with Crippen molar-refractivity contribution in [2.45, 2.75) is 25.8 Å². The normalized spacial score (nSPS) is 15.4. The molecule has 6 nitrogen and oxygen atoms in total. The number of hydrogen-bond acceptors (Lipinski definition) is 5. The highest BCUT2D eigenvalue weighted by molar-refractivity contribution is 5.96. The van der Waals surface area contributed by atoms with Crippen LogP contribution in [0.15, 0.2) is 72.9 Å². The summed E-state index contributed by atoms with van der Waals surface area (Å²) in [7, 11) is 0. The zero-order valence-electron chi connectivity index (χ0n) is 17.4. The van der Waals surface area contributed by atoms with Crippen molar-refractivity contribution in [1.82, 2.24) is 24.9 Å². The molecule has 0 saturated carbocycles. The van der Waals surface area contributed by atoms with Gasteiger partial charge in [0.05, 0.1) is 5.69 Å². The average Bonchev–Trinajstić information content (AvgIpc) is 3.25. The Labute approximate surface area is 181 Å². The summed E-state index contributed by atoms with van der Waals surface area (Å²) in [5.74, 6) is 0.637. The van der Waals surface area contributed by atoms with E-state index < -0.39 is 0 Å². The van der Waals surface area contributed by atoms with Crippen molar-refractivity contribution in [3.63, 3.8) is 0 Å². The van der Waals surface area contributed by atoms with Crippen LogP contribution >= 0.6 is 0 Å². The van der Waals surface area contributed by atoms with Gasteiger partial charge in [0.1, 0.15) is 5.52 Å². The fraction of sp³-hybridized carbons (Fsp3) is 0.280. The molecule has 1 aliphatic heterocycles. The Morgan fingerprint density at radius 1 is 0.968 bits per heavy atom. The van der Waals surface area contributed by atoms with Crippen molar-refractivity contribution in [2.24, 2.45) is 5.92 Å². The average molecular weight is 412 g/mol. The maximum absolute atomic E-state index is 13.0. The van der Waals surface area contributed by atoms with Crippen molar-refractivity contribution in [1.29, 1.82) is 0 Å². The number of benzene rings is 2. The number of ketones is 1. The van der Waals surface area contributed by atoms with Gasteiger partial charge in [0.25, 0.3) is 0 Å². The minimum absolute atomic E-state index is 0.195. The first-order valence-electron chi connectivity index (χ1n) is 10.8. The molecule has 0 N–H and O–H groups in total. The van der Waals surface area contributed by atoms with E-state index in [9.17, 15) is 4.79 Å². The van der Waals surface area contributed by atoms with Crippen LogP contribution in [0.25, 0.3) is 16.9 Å². The number of nitrogens with zero attached hydrogens (tertiary/aromatic N) is 5. The smallest absolute Gasteiger partial charge is 0.183 e. The number of hydrogen-bond donors (Lipinski definition) is 0. The second-order valence-electron chi connectivity index (χ2n) is 8.23. The summed E-state index contributed by atoms with van der Waals surface area (Å²) >= 11 is 0. The Balaban J connectivity index is 1.22. The van der Waals surface area contributed by atoms with Crippen LogP contribution in [-0.4, -0.2) is 43.8 Å². The fourth-order valence-corrected chi connectivity index (χ4v) is 4.32. The first-order valence-corrected chi connectivity index (χ1v) is 10.8. The van der Waals surface area contributed by atoms with E-state index in [-0.39, 0.29) is 5.78 Å². The van der Waals surface area contributed by atoms with E-state index in [0.29, 0.717) is 18.0 Å². The fourth-order valence-electron chi connectivity index (χ4n) is 4.32. The summed E-state index contributed by atoms with van der Waals surface area (Å²) in [5.41, 5.74) is 4.32. The van der Waals surface area contributed by atoms with Crippen LogP contribution in [-0.2, 0) is 6.54 Å². The minimum atomic E-state index is 0.195. The molecule has 0 radical (unpaired) electrons. The lowest BCUT2D eigenvalue weighted by Gasteiger charge is -2.31. The van der Waals surface area contributed by atoms with Gasteiger partial charge in [0.15, 0.2) is 11.4 Å². The predicted molar refractivity (Wildman–Crippen MR) is 120 cm³/mol. The monoisotopic (exact) mass is 411 g/mol. The van der Waals surface area contributed by atoms with Crippen LogP contribution < -0.4 is 0 Å². The quantitative estimate of drug-likeness (QED) is 0.443. The number of piperidine rings is 1. The zero-order chi connectivity index (χ0) is 21.0. The van der Waals surface area contributed by atoms with E-state index in [0.717, 1.165) is 49.2 Å². The van der Waals surface area contributed by atoms with Gasteiger partial charge in [-0.15, -0.1) is 5.10 Å². The lowest BCUT2D eigenvalue weighted by Crippen LogP contribution is -2.33. The standard InChI is InChI=1S/C25H25N5O/c31-24(16-19-11-14-29(15-12-19)18-20-6-2-1-3-7-20)21-8-4-9-22(17-21)30-25-23(27-28-30)10-5-13-26-25/h1-10,13,17,19H,11-12,14-16,18H2. The van der Waals surface area contributed by atoms with Crippen molar-refractivity contribution in [3.05, 3.63) is 84.1 Å². The van der Waals surface area contributed by atoms with Crippen LogP contribution in [0.4, 0.5) is 0 Å². The molecule has 0 atom stereocenters. The van der Waals surface area contributed by atoms with Gasteiger partial charge in [-0.3, -0.25) is 9.69 Å². The molecule has 1 saturated heterocycles. The molecular weight excluding hydrogens is 386 g/mol. The van der Waals surface area contributed by atoms with E-state index >= 15 is 0 Å². The number of carbonyl (C=O) groups excluding carboxylic acids is 1. The van der Waals surface area contributed by atoms with E-state index in [4.69, 9.17) is 0 Å². The molecule has 2 aromatic heterocycles. The van der Waals surface area contributed by atoms with Gasteiger partial charge < -0.3 is 0 Å². The van der Waals surface area contributed by atoms with Crippen molar-refractivity contribution in [2.75, 3.05) is 13.1 Å². The summed E-state index contributed by atoms with van der Waals surface area (Å²) in [6, 6.07) is 21.9. The van der Waals surface area contributed by atoms with Crippen LogP contribution in [0, 0.1) is 5.92 Å². The first-order chi connectivity index (χ1) is 15.3. The molecule has 1 aliphatic rings. The van der Waals surface area contributed by atoms with E-state index in [1.165, 1.54) is 5.56 Å². The largest absolute Gasteiger partial charge is 0.299 e. The third-order valence-corrected chi connectivity index (χ3v) is 6.05. The summed E-state index contributed by atoms with van der Waals surface area (Å²) in [5, 5.41) is 8.37. The highest BCUT2D eigenvalue weighted by Gasteiger charge is 2.22. The minimum Gasteiger partial charge on any atom is -0.299 e. The zero-order valence-corrected chi connectivity index (χ0v) is 17.4. The Kier molecular flexibility index (Phi) is 5.54. The number of Topliss-reactive ketones (excluding diaryl/α,β-unsaturated/α-hetero) is 1. The van der Waals surface area contributed by atoms with E-state index in [1.807, 2.05) is 36.4 Å².